The second kappa shape index (κ2) is 5.31. The highest BCUT2D eigenvalue weighted by Gasteiger charge is 2.13. The van der Waals surface area contributed by atoms with Crippen LogP contribution in [0.2, 0.25) is 0 Å². The van der Waals surface area contributed by atoms with Crippen LogP contribution in [0, 0.1) is 0 Å². The number of carbonyl (C=O) groups excluding carboxylic acids is 1. The summed E-state index contributed by atoms with van der Waals surface area (Å²) in [6, 6.07) is 5.65. The van der Waals surface area contributed by atoms with E-state index in [1.165, 1.54) is 0 Å². The van der Waals surface area contributed by atoms with Crippen molar-refractivity contribution in [2.24, 2.45) is 0 Å². The molecule has 0 aliphatic carbocycles. The summed E-state index contributed by atoms with van der Waals surface area (Å²) in [5, 5.41) is 0. The van der Waals surface area contributed by atoms with Gasteiger partial charge in [0.1, 0.15) is 5.75 Å². The van der Waals surface area contributed by atoms with Gasteiger partial charge in [-0.2, -0.15) is 0 Å². The lowest BCUT2D eigenvalue weighted by atomic mass is 10.0. The molecule has 0 radical (unpaired) electrons. The summed E-state index contributed by atoms with van der Waals surface area (Å²) in [6.45, 7) is 3.88. The predicted molar refractivity (Wildman–Crippen MR) is 65.1 cm³/mol. The van der Waals surface area contributed by atoms with E-state index in [4.69, 9.17) is 4.74 Å². The summed E-state index contributed by atoms with van der Waals surface area (Å²) < 4.78 is 5.16. The molecule has 1 rings (SSSR count). The smallest absolute Gasteiger partial charge is 0.176 e. The Morgan fingerprint density at radius 1 is 1.47 bits per heavy atom. The number of ketones is 1. The fourth-order valence-corrected chi connectivity index (χ4v) is 1.62. The minimum atomic E-state index is -0.158. The Hall–Kier alpha value is -0.830. The average Bonchev–Trinajstić information content (AvgIpc) is 2.27. The SMILES string of the molecule is CCc1cc(OC)cc(C(=O)C(C)Br)c1. The molecule has 0 aliphatic heterocycles. The number of hydrogen-bond acceptors (Lipinski definition) is 2. The van der Waals surface area contributed by atoms with Gasteiger partial charge in [0, 0.05) is 5.56 Å². The molecule has 1 aromatic carbocycles. The molecule has 0 saturated heterocycles. The van der Waals surface area contributed by atoms with Crippen LogP contribution >= 0.6 is 15.9 Å². The average molecular weight is 271 g/mol. The molecular formula is C12H15BrO2. The molecule has 2 nitrogen and oxygen atoms in total. The third-order valence-corrected chi connectivity index (χ3v) is 2.67. The first-order valence-corrected chi connectivity index (χ1v) is 5.86. The fraction of sp³-hybridized carbons (Fsp3) is 0.417. The summed E-state index contributed by atoms with van der Waals surface area (Å²) in [5.74, 6) is 0.828. The Morgan fingerprint density at radius 2 is 2.13 bits per heavy atom. The van der Waals surface area contributed by atoms with Crippen LogP contribution in [-0.4, -0.2) is 17.7 Å². The molecule has 0 aliphatic rings. The summed E-state index contributed by atoms with van der Waals surface area (Å²) >= 11 is 3.28. The maximum atomic E-state index is 11.8. The van der Waals surface area contributed by atoms with Gasteiger partial charge >= 0.3 is 0 Å². The molecule has 0 N–H and O–H groups in total. The third-order valence-electron chi connectivity index (χ3n) is 2.26. The van der Waals surface area contributed by atoms with E-state index in [2.05, 4.69) is 22.9 Å². The molecule has 82 valence electrons. The van der Waals surface area contributed by atoms with E-state index in [-0.39, 0.29) is 10.6 Å². The summed E-state index contributed by atoms with van der Waals surface area (Å²) in [4.78, 5) is 11.6. The molecule has 1 atom stereocenters. The Morgan fingerprint density at radius 3 is 2.60 bits per heavy atom. The Balaban J connectivity index is 3.12. The van der Waals surface area contributed by atoms with Crippen LogP contribution in [-0.2, 0) is 6.42 Å². The van der Waals surface area contributed by atoms with Gasteiger partial charge in [-0.1, -0.05) is 22.9 Å². The van der Waals surface area contributed by atoms with Crippen molar-refractivity contribution >= 4 is 21.7 Å². The number of Topliss-reactive ketones (excluding diaryl/α,β-unsaturated/α-hetero) is 1. The molecule has 0 spiro atoms. The lowest BCUT2D eigenvalue weighted by molar-refractivity contribution is 0.0995. The number of aryl methyl sites for hydroxylation is 1. The zero-order valence-corrected chi connectivity index (χ0v) is 10.8. The number of carbonyl (C=O) groups is 1. The number of benzene rings is 1. The first-order chi connectivity index (χ1) is 7.08. The van der Waals surface area contributed by atoms with E-state index in [1.54, 1.807) is 13.2 Å². The molecule has 0 fully saturated rings. The van der Waals surface area contributed by atoms with Crippen LogP contribution in [0.4, 0.5) is 0 Å². The van der Waals surface area contributed by atoms with E-state index in [1.807, 2.05) is 19.1 Å². The highest BCUT2D eigenvalue weighted by atomic mass is 79.9. The molecule has 0 amide bonds. The third kappa shape index (κ3) is 3.06. The Bertz CT molecular complexity index is 336. The number of alkyl halides is 1. The number of hydrogen-bond donors (Lipinski definition) is 0. The molecule has 3 heteroatoms. The van der Waals surface area contributed by atoms with Crippen molar-refractivity contribution in [1.82, 2.24) is 0 Å². The van der Waals surface area contributed by atoms with E-state index < -0.39 is 0 Å². The van der Waals surface area contributed by atoms with Crippen molar-refractivity contribution in [3.8, 4) is 5.75 Å². The van der Waals surface area contributed by atoms with Gasteiger partial charge in [0.25, 0.3) is 0 Å². The monoisotopic (exact) mass is 270 g/mol. The highest BCUT2D eigenvalue weighted by molar-refractivity contribution is 9.10. The summed E-state index contributed by atoms with van der Waals surface area (Å²) in [6.07, 6.45) is 0.897. The van der Waals surface area contributed by atoms with Gasteiger partial charge in [0.05, 0.1) is 11.9 Å². The van der Waals surface area contributed by atoms with E-state index in [9.17, 15) is 4.79 Å². The molecular weight excluding hydrogens is 256 g/mol. The maximum absolute atomic E-state index is 11.8. The quantitative estimate of drug-likeness (QED) is 0.620. The van der Waals surface area contributed by atoms with Crippen molar-refractivity contribution in [2.75, 3.05) is 7.11 Å². The number of ether oxygens (including phenoxy) is 1. The fourth-order valence-electron chi connectivity index (χ4n) is 1.35. The zero-order valence-electron chi connectivity index (χ0n) is 9.21. The number of halogens is 1. The zero-order chi connectivity index (χ0) is 11.4. The normalized spacial score (nSPS) is 12.3. The standard InChI is InChI=1S/C12H15BrO2/c1-4-9-5-10(12(14)8(2)13)7-11(6-9)15-3/h5-8H,4H2,1-3H3. The van der Waals surface area contributed by atoms with E-state index >= 15 is 0 Å². The Labute approximate surface area is 98.8 Å². The van der Waals surface area contributed by atoms with E-state index in [0.717, 1.165) is 17.7 Å². The minimum Gasteiger partial charge on any atom is -0.497 e. The molecule has 0 aromatic heterocycles. The van der Waals surface area contributed by atoms with Crippen LogP contribution in [0.15, 0.2) is 18.2 Å². The lowest BCUT2D eigenvalue weighted by Crippen LogP contribution is -2.10. The van der Waals surface area contributed by atoms with Gasteiger partial charge in [-0.25, -0.2) is 0 Å². The highest BCUT2D eigenvalue weighted by Crippen LogP contribution is 2.20. The summed E-state index contributed by atoms with van der Waals surface area (Å²) in [5.41, 5.74) is 1.82. The molecule has 15 heavy (non-hydrogen) atoms. The number of methoxy groups -OCH3 is 1. The lowest BCUT2D eigenvalue weighted by Gasteiger charge is -2.08. The van der Waals surface area contributed by atoms with Crippen molar-refractivity contribution in [1.29, 1.82) is 0 Å². The molecule has 0 bridgehead atoms. The Kier molecular flexibility index (Phi) is 4.33. The van der Waals surface area contributed by atoms with Gasteiger partial charge in [-0.3, -0.25) is 4.79 Å². The van der Waals surface area contributed by atoms with Crippen molar-refractivity contribution in [2.45, 2.75) is 25.1 Å². The van der Waals surface area contributed by atoms with Gasteiger partial charge in [-0.05, 0) is 37.1 Å². The van der Waals surface area contributed by atoms with Crippen molar-refractivity contribution in [3.05, 3.63) is 29.3 Å². The maximum Gasteiger partial charge on any atom is 0.176 e. The molecule has 0 saturated carbocycles. The van der Waals surface area contributed by atoms with Crippen LogP contribution < -0.4 is 4.74 Å². The predicted octanol–water partition coefficient (Wildman–Crippen LogP) is 3.22. The largest absolute Gasteiger partial charge is 0.497 e. The van der Waals surface area contributed by atoms with Gasteiger partial charge in [0.15, 0.2) is 5.78 Å². The molecule has 1 unspecified atom stereocenters. The van der Waals surface area contributed by atoms with Crippen LogP contribution in [0.1, 0.15) is 29.8 Å². The minimum absolute atomic E-state index is 0.0867. The first kappa shape index (κ1) is 12.2. The van der Waals surface area contributed by atoms with Gasteiger partial charge < -0.3 is 4.74 Å². The topological polar surface area (TPSA) is 26.3 Å². The number of rotatable bonds is 4. The van der Waals surface area contributed by atoms with Crippen molar-refractivity contribution < 1.29 is 9.53 Å². The molecule has 0 heterocycles. The first-order valence-electron chi connectivity index (χ1n) is 4.94. The van der Waals surface area contributed by atoms with Gasteiger partial charge in [-0.15, -0.1) is 0 Å². The summed E-state index contributed by atoms with van der Waals surface area (Å²) in [7, 11) is 1.61. The van der Waals surface area contributed by atoms with Crippen LogP contribution in [0.5, 0.6) is 5.75 Å². The second-order valence-corrected chi connectivity index (χ2v) is 4.78. The van der Waals surface area contributed by atoms with Crippen LogP contribution in [0.25, 0.3) is 0 Å². The van der Waals surface area contributed by atoms with E-state index in [0.29, 0.717) is 5.56 Å². The van der Waals surface area contributed by atoms with Crippen molar-refractivity contribution in [3.63, 3.8) is 0 Å². The second-order valence-electron chi connectivity index (χ2n) is 3.40. The van der Waals surface area contributed by atoms with Gasteiger partial charge in [0.2, 0.25) is 0 Å². The van der Waals surface area contributed by atoms with Crippen LogP contribution in [0.3, 0.4) is 0 Å². The molecule has 1 aromatic rings.